The van der Waals surface area contributed by atoms with Crippen LogP contribution in [0.15, 0.2) is 24.5 Å². The standard InChI is InChI=1S/C14H15N5O/c1-20-8-2-3-9-11(4-8)19-14(18-9)12-5-10-13(6-15-12)17-7-16-10/h2-4,7,12,15H,5-6H2,1H3,(H,16,17)(H,18,19). The Morgan fingerprint density at radius 1 is 1.35 bits per heavy atom. The van der Waals surface area contributed by atoms with Crippen molar-refractivity contribution in [3.63, 3.8) is 0 Å². The molecular weight excluding hydrogens is 254 g/mol. The Morgan fingerprint density at radius 2 is 2.30 bits per heavy atom. The molecule has 0 saturated heterocycles. The predicted octanol–water partition coefficient (Wildman–Crippen LogP) is 1.68. The van der Waals surface area contributed by atoms with Crippen LogP contribution in [0.1, 0.15) is 23.3 Å². The molecule has 0 spiro atoms. The SMILES string of the molecule is COc1ccc2nc(C3Cc4nc[nH]c4CN3)[nH]c2c1. The second kappa shape index (κ2) is 4.35. The number of imidazole rings is 2. The number of rotatable bonds is 2. The van der Waals surface area contributed by atoms with Crippen LogP contribution in [0.3, 0.4) is 0 Å². The van der Waals surface area contributed by atoms with Crippen LogP contribution in [-0.2, 0) is 13.0 Å². The maximum Gasteiger partial charge on any atom is 0.124 e. The molecule has 3 N–H and O–H groups in total. The van der Waals surface area contributed by atoms with E-state index in [1.807, 2.05) is 18.2 Å². The molecule has 2 aromatic heterocycles. The molecule has 0 fully saturated rings. The summed E-state index contributed by atoms with van der Waals surface area (Å²) in [6.45, 7) is 0.792. The molecule has 1 aliphatic rings. The minimum absolute atomic E-state index is 0.171. The van der Waals surface area contributed by atoms with Gasteiger partial charge in [-0.2, -0.15) is 0 Å². The van der Waals surface area contributed by atoms with Gasteiger partial charge in [0, 0.05) is 19.0 Å². The molecule has 0 aliphatic carbocycles. The number of aromatic nitrogens is 4. The second-order valence-electron chi connectivity index (χ2n) is 4.97. The second-order valence-corrected chi connectivity index (χ2v) is 4.97. The maximum atomic E-state index is 5.24. The van der Waals surface area contributed by atoms with Crippen molar-refractivity contribution in [2.24, 2.45) is 0 Å². The molecule has 1 atom stereocenters. The minimum Gasteiger partial charge on any atom is -0.497 e. The van der Waals surface area contributed by atoms with E-state index in [0.717, 1.165) is 41.3 Å². The van der Waals surface area contributed by atoms with Crippen molar-refractivity contribution in [1.29, 1.82) is 0 Å². The van der Waals surface area contributed by atoms with Crippen LogP contribution in [0.4, 0.5) is 0 Å². The van der Waals surface area contributed by atoms with Crippen LogP contribution in [0.25, 0.3) is 11.0 Å². The summed E-state index contributed by atoms with van der Waals surface area (Å²) in [5.74, 6) is 1.78. The van der Waals surface area contributed by atoms with Crippen LogP contribution in [0.5, 0.6) is 5.75 Å². The number of nitrogens with one attached hydrogen (secondary N) is 3. The van der Waals surface area contributed by atoms with E-state index in [9.17, 15) is 0 Å². The number of hydrogen-bond acceptors (Lipinski definition) is 4. The molecule has 0 saturated carbocycles. The van der Waals surface area contributed by atoms with E-state index in [-0.39, 0.29) is 6.04 Å². The molecule has 6 heteroatoms. The Bertz CT molecular complexity index is 760. The van der Waals surface area contributed by atoms with Crippen molar-refractivity contribution in [1.82, 2.24) is 25.3 Å². The summed E-state index contributed by atoms with van der Waals surface area (Å²) in [6.07, 6.45) is 2.59. The largest absolute Gasteiger partial charge is 0.497 e. The third-order valence-corrected chi connectivity index (χ3v) is 3.77. The summed E-state index contributed by atoms with van der Waals surface area (Å²) >= 11 is 0. The van der Waals surface area contributed by atoms with E-state index in [1.54, 1.807) is 13.4 Å². The number of fused-ring (bicyclic) bond motifs is 2. The average Bonchev–Trinajstić information content (AvgIpc) is 3.11. The summed E-state index contributed by atoms with van der Waals surface area (Å²) in [5, 5.41) is 3.47. The van der Waals surface area contributed by atoms with E-state index < -0.39 is 0 Å². The van der Waals surface area contributed by atoms with E-state index >= 15 is 0 Å². The van der Waals surface area contributed by atoms with Crippen molar-refractivity contribution >= 4 is 11.0 Å². The molecule has 3 heterocycles. The third-order valence-electron chi connectivity index (χ3n) is 3.77. The molecule has 0 amide bonds. The normalized spacial score (nSPS) is 18.1. The zero-order valence-corrected chi connectivity index (χ0v) is 11.1. The molecule has 3 aromatic rings. The van der Waals surface area contributed by atoms with Gasteiger partial charge in [0.2, 0.25) is 0 Å². The van der Waals surface area contributed by atoms with Gasteiger partial charge in [-0.1, -0.05) is 0 Å². The quantitative estimate of drug-likeness (QED) is 0.661. The van der Waals surface area contributed by atoms with Crippen molar-refractivity contribution in [2.75, 3.05) is 7.11 Å². The van der Waals surface area contributed by atoms with Crippen molar-refractivity contribution in [3.05, 3.63) is 41.7 Å². The number of nitrogens with zero attached hydrogens (tertiary/aromatic N) is 2. The number of hydrogen-bond donors (Lipinski definition) is 3. The zero-order valence-electron chi connectivity index (χ0n) is 11.1. The highest BCUT2D eigenvalue weighted by Crippen LogP contribution is 2.25. The Morgan fingerprint density at radius 3 is 3.20 bits per heavy atom. The van der Waals surface area contributed by atoms with E-state index in [4.69, 9.17) is 4.74 Å². The number of ether oxygens (including phenoxy) is 1. The highest BCUT2D eigenvalue weighted by molar-refractivity contribution is 5.76. The summed E-state index contributed by atoms with van der Waals surface area (Å²) < 4.78 is 5.24. The Labute approximate surface area is 115 Å². The topological polar surface area (TPSA) is 78.6 Å². The minimum atomic E-state index is 0.171. The van der Waals surface area contributed by atoms with Crippen LogP contribution in [0, 0.1) is 0 Å². The van der Waals surface area contributed by atoms with Gasteiger partial charge in [0.25, 0.3) is 0 Å². The third kappa shape index (κ3) is 1.77. The molecule has 6 nitrogen and oxygen atoms in total. The van der Waals surface area contributed by atoms with Gasteiger partial charge < -0.3 is 20.0 Å². The first-order chi connectivity index (χ1) is 9.83. The summed E-state index contributed by atoms with van der Waals surface area (Å²) in [6, 6.07) is 6.03. The van der Waals surface area contributed by atoms with Crippen LogP contribution < -0.4 is 10.1 Å². The van der Waals surface area contributed by atoms with Gasteiger partial charge in [-0.25, -0.2) is 9.97 Å². The average molecular weight is 269 g/mol. The molecule has 1 aliphatic heterocycles. The maximum absolute atomic E-state index is 5.24. The summed E-state index contributed by atoms with van der Waals surface area (Å²) in [7, 11) is 1.67. The molecule has 4 rings (SSSR count). The highest BCUT2D eigenvalue weighted by atomic mass is 16.5. The highest BCUT2D eigenvalue weighted by Gasteiger charge is 2.23. The molecule has 0 radical (unpaired) electrons. The lowest BCUT2D eigenvalue weighted by molar-refractivity contribution is 0.415. The van der Waals surface area contributed by atoms with Gasteiger partial charge in [-0.05, 0) is 12.1 Å². The van der Waals surface area contributed by atoms with E-state index in [2.05, 4.69) is 25.3 Å². The zero-order chi connectivity index (χ0) is 13.5. The summed E-state index contributed by atoms with van der Waals surface area (Å²) in [5.41, 5.74) is 4.23. The first-order valence-electron chi connectivity index (χ1n) is 6.61. The fourth-order valence-corrected chi connectivity index (χ4v) is 2.66. The monoisotopic (exact) mass is 269 g/mol. The molecule has 1 unspecified atom stereocenters. The van der Waals surface area contributed by atoms with Gasteiger partial charge in [-0.3, -0.25) is 0 Å². The number of H-pyrrole nitrogens is 2. The molecule has 0 bridgehead atoms. The van der Waals surface area contributed by atoms with Gasteiger partial charge in [-0.15, -0.1) is 0 Å². The first-order valence-corrected chi connectivity index (χ1v) is 6.61. The summed E-state index contributed by atoms with van der Waals surface area (Å²) in [4.78, 5) is 15.5. The van der Waals surface area contributed by atoms with Gasteiger partial charge in [0.1, 0.15) is 11.6 Å². The Kier molecular flexibility index (Phi) is 2.50. The Hall–Kier alpha value is -2.34. The van der Waals surface area contributed by atoms with Crippen molar-refractivity contribution < 1.29 is 4.74 Å². The lowest BCUT2D eigenvalue weighted by Gasteiger charge is -2.20. The number of methoxy groups -OCH3 is 1. The smallest absolute Gasteiger partial charge is 0.124 e. The first kappa shape index (κ1) is 11.5. The van der Waals surface area contributed by atoms with E-state index in [1.165, 1.54) is 5.69 Å². The van der Waals surface area contributed by atoms with E-state index in [0.29, 0.717) is 0 Å². The van der Waals surface area contributed by atoms with Crippen LogP contribution >= 0.6 is 0 Å². The fourth-order valence-electron chi connectivity index (χ4n) is 2.66. The van der Waals surface area contributed by atoms with Gasteiger partial charge in [0.05, 0.1) is 41.9 Å². The lowest BCUT2D eigenvalue weighted by Crippen LogP contribution is -2.29. The fraction of sp³-hybridized carbons (Fsp3) is 0.286. The molecule has 102 valence electrons. The van der Waals surface area contributed by atoms with Gasteiger partial charge >= 0.3 is 0 Å². The molecule has 20 heavy (non-hydrogen) atoms. The number of aromatic amines is 2. The van der Waals surface area contributed by atoms with Crippen LogP contribution in [-0.4, -0.2) is 27.0 Å². The number of benzene rings is 1. The molecular formula is C14H15N5O. The van der Waals surface area contributed by atoms with Crippen LogP contribution in [0.2, 0.25) is 0 Å². The van der Waals surface area contributed by atoms with Crippen molar-refractivity contribution in [3.8, 4) is 5.75 Å². The molecule has 1 aromatic carbocycles. The predicted molar refractivity (Wildman–Crippen MR) is 74.5 cm³/mol. The van der Waals surface area contributed by atoms with Crippen molar-refractivity contribution in [2.45, 2.75) is 19.0 Å². The lowest BCUT2D eigenvalue weighted by atomic mass is 10.1. The van der Waals surface area contributed by atoms with Gasteiger partial charge in [0.15, 0.2) is 0 Å². The Balaban J connectivity index is 1.69.